The third kappa shape index (κ3) is 3.26. The molecule has 0 radical (unpaired) electrons. The molecule has 0 unspecified atom stereocenters. The molecule has 0 fully saturated rings. The molecule has 12 heteroatoms. The highest BCUT2D eigenvalue weighted by atomic mass is 32.2. The van der Waals surface area contributed by atoms with Crippen molar-refractivity contribution in [2.24, 2.45) is 0 Å². The standard InChI is InChI=1S/C10H8O9S3/c11-20(12,13)8-2-1-6-4-9(21(14,15)16)10(22(17,18)19)5-7(6)3-8/h1-5H,(H,11,12,13)(H,14,15,16)(H,17,18,19). The van der Waals surface area contributed by atoms with Crippen LogP contribution in [0.5, 0.6) is 0 Å². The summed E-state index contributed by atoms with van der Waals surface area (Å²) >= 11 is 0. The maximum Gasteiger partial charge on any atom is 0.295 e. The highest BCUT2D eigenvalue weighted by molar-refractivity contribution is 7.89. The van der Waals surface area contributed by atoms with E-state index in [9.17, 15) is 25.3 Å². The summed E-state index contributed by atoms with van der Waals surface area (Å²) in [5, 5.41) is -0.0254. The summed E-state index contributed by atoms with van der Waals surface area (Å²) in [6, 6.07) is 4.36. The Bertz CT molecular complexity index is 1080. The minimum Gasteiger partial charge on any atom is -0.282 e. The van der Waals surface area contributed by atoms with Crippen LogP contribution in [0.4, 0.5) is 0 Å². The molecule has 0 saturated heterocycles. The van der Waals surface area contributed by atoms with Crippen LogP contribution in [-0.2, 0) is 30.4 Å². The summed E-state index contributed by atoms with van der Waals surface area (Å²) in [6.07, 6.45) is 0. The van der Waals surface area contributed by atoms with Gasteiger partial charge in [0, 0.05) is 0 Å². The molecule has 0 atom stereocenters. The lowest BCUT2D eigenvalue weighted by Gasteiger charge is -2.08. The minimum absolute atomic E-state index is 0.0624. The zero-order chi connectivity index (χ0) is 16.9. The predicted molar refractivity (Wildman–Crippen MR) is 73.4 cm³/mol. The third-order valence-corrected chi connectivity index (χ3v) is 5.49. The fraction of sp³-hybridized carbons (Fsp3) is 0. The maximum atomic E-state index is 11.2. The summed E-state index contributed by atoms with van der Waals surface area (Å²) < 4.78 is 94.0. The van der Waals surface area contributed by atoms with Gasteiger partial charge >= 0.3 is 0 Å². The van der Waals surface area contributed by atoms with Crippen molar-refractivity contribution in [3.05, 3.63) is 30.3 Å². The van der Waals surface area contributed by atoms with Gasteiger partial charge in [0.15, 0.2) is 0 Å². The maximum absolute atomic E-state index is 11.2. The Kier molecular flexibility index (Phi) is 3.80. The first kappa shape index (κ1) is 16.8. The second kappa shape index (κ2) is 4.97. The van der Waals surface area contributed by atoms with E-state index in [1.807, 2.05) is 0 Å². The number of fused-ring (bicyclic) bond motifs is 1. The van der Waals surface area contributed by atoms with Gasteiger partial charge in [-0.1, -0.05) is 6.07 Å². The molecule has 3 N–H and O–H groups in total. The van der Waals surface area contributed by atoms with E-state index in [1.54, 1.807) is 0 Å². The van der Waals surface area contributed by atoms with Gasteiger partial charge in [-0.2, -0.15) is 25.3 Å². The molecule has 0 aromatic heterocycles. The van der Waals surface area contributed by atoms with Crippen molar-refractivity contribution in [2.45, 2.75) is 14.7 Å². The molecule has 120 valence electrons. The van der Waals surface area contributed by atoms with Crippen molar-refractivity contribution in [3.8, 4) is 0 Å². The molecule has 9 nitrogen and oxygen atoms in total. The fourth-order valence-electron chi connectivity index (χ4n) is 1.80. The lowest BCUT2D eigenvalue weighted by Crippen LogP contribution is -2.08. The van der Waals surface area contributed by atoms with Crippen molar-refractivity contribution in [1.82, 2.24) is 0 Å². The molecule has 0 heterocycles. The fourth-order valence-corrected chi connectivity index (χ4v) is 4.12. The largest absolute Gasteiger partial charge is 0.295 e. The molecule has 2 aromatic rings. The lowest BCUT2D eigenvalue weighted by molar-refractivity contribution is 0.467. The van der Waals surface area contributed by atoms with E-state index in [2.05, 4.69) is 0 Å². The van der Waals surface area contributed by atoms with Crippen LogP contribution in [-0.4, -0.2) is 38.9 Å². The number of benzene rings is 2. The Labute approximate surface area is 125 Å². The number of hydrogen-bond donors (Lipinski definition) is 3. The Morgan fingerprint density at radius 2 is 1.05 bits per heavy atom. The molecule has 0 saturated carbocycles. The van der Waals surface area contributed by atoms with E-state index in [4.69, 9.17) is 13.7 Å². The summed E-state index contributed by atoms with van der Waals surface area (Å²) in [5.41, 5.74) is 0. The smallest absolute Gasteiger partial charge is 0.282 e. The van der Waals surface area contributed by atoms with Crippen LogP contribution in [0.25, 0.3) is 10.8 Å². The van der Waals surface area contributed by atoms with E-state index in [0.717, 1.165) is 24.3 Å². The molecule has 0 amide bonds. The normalized spacial score (nSPS) is 13.4. The predicted octanol–water partition coefficient (Wildman–Crippen LogP) is 0.580. The van der Waals surface area contributed by atoms with Crippen LogP contribution in [0.3, 0.4) is 0 Å². The summed E-state index contributed by atoms with van der Waals surface area (Å²) in [4.78, 5) is -2.72. The van der Waals surface area contributed by atoms with Gasteiger partial charge in [-0.25, -0.2) is 0 Å². The average molecular weight is 368 g/mol. The Morgan fingerprint density at radius 1 is 0.591 bits per heavy atom. The van der Waals surface area contributed by atoms with E-state index in [-0.39, 0.29) is 10.8 Å². The number of hydrogen-bond acceptors (Lipinski definition) is 6. The van der Waals surface area contributed by atoms with Gasteiger partial charge in [0.05, 0.1) is 4.90 Å². The van der Waals surface area contributed by atoms with E-state index in [0.29, 0.717) is 6.07 Å². The molecule has 0 aliphatic heterocycles. The van der Waals surface area contributed by atoms with Crippen LogP contribution in [0, 0.1) is 0 Å². The van der Waals surface area contributed by atoms with Gasteiger partial charge in [0.2, 0.25) is 0 Å². The average Bonchev–Trinajstić information content (AvgIpc) is 2.33. The first-order valence-electron chi connectivity index (χ1n) is 5.30. The van der Waals surface area contributed by atoms with Crippen molar-refractivity contribution in [3.63, 3.8) is 0 Å². The third-order valence-electron chi connectivity index (χ3n) is 2.73. The Morgan fingerprint density at radius 3 is 1.45 bits per heavy atom. The molecule has 2 aromatic carbocycles. The second-order valence-corrected chi connectivity index (χ2v) is 8.43. The molecular formula is C10H8O9S3. The van der Waals surface area contributed by atoms with Gasteiger partial charge in [0.1, 0.15) is 9.79 Å². The SMILES string of the molecule is O=S(=O)(O)c1ccc2cc(S(=O)(=O)O)c(S(=O)(=O)O)cc2c1. The van der Waals surface area contributed by atoms with Crippen molar-refractivity contribution in [1.29, 1.82) is 0 Å². The highest BCUT2D eigenvalue weighted by Crippen LogP contribution is 2.28. The van der Waals surface area contributed by atoms with E-state index >= 15 is 0 Å². The summed E-state index contributed by atoms with van der Waals surface area (Å²) in [7, 11) is -14.5. The first-order chi connectivity index (χ1) is 9.80. The highest BCUT2D eigenvalue weighted by Gasteiger charge is 2.25. The molecule has 0 aliphatic carbocycles. The monoisotopic (exact) mass is 368 g/mol. The molecule has 2 rings (SSSR count). The van der Waals surface area contributed by atoms with Gasteiger partial charge in [-0.15, -0.1) is 0 Å². The van der Waals surface area contributed by atoms with Crippen LogP contribution in [0.2, 0.25) is 0 Å². The van der Waals surface area contributed by atoms with Crippen molar-refractivity contribution in [2.75, 3.05) is 0 Å². The second-order valence-electron chi connectivity index (χ2n) is 4.23. The first-order valence-corrected chi connectivity index (χ1v) is 9.62. The van der Waals surface area contributed by atoms with Crippen LogP contribution in [0.15, 0.2) is 45.0 Å². The van der Waals surface area contributed by atoms with Gasteiger partial charge in [0.25, 0.3) is 30.4 Å². The van der Waals surface area contributed by atoms with Crippen LogP contribution >= 0.6 is 0 Å². The summed E-state index contributed by atoms with van der Waals surface area (Å²) in [5.74, 6) is 0. The molecule has 0 bridgehead atoms. The van der Waals surface area contributed by atoms with Gasteiger partial charge in [-0.3, -0.25) is 13.7 Å². The Balaban J connectivity index is 2.97. The number of rotatable bonds is 3. The van der Waals surface area contributed by atoms with Gasteiger partial charge < -0.3 is 0 Å². The van der Waals surface area contributed by atoms with Crippen molar-refractivity contribution < 1.29 is 38.9 Å². The zero-order valence-electron chi connectivity index (χ0n) is 10.4. The molecule has 0 aliphatic rings. The Hall–Kier alpha value is -1.57. The zero-order valence-corrected chi connectivity index (χ0v) is 12.9. The van der Waals surface area contributed by atoms with E-state index < -0.39 is 45.0 Å². The van der Waals surface area contributed by atoms with Crippen LogP contribution in [0.1, 0.15) is 0 Å². The van der Waals surface area contributed by atoms with Gasteiger partial charge in [-0.05, 0) is 35.0 Å². The molecule has 22 heavy (non-hydrogen) atoms. The lowest BCUT2D eigenvalue weighted by atomic mass is 10.1. The van der Waals surface area contributed by atoms with E-state index in [1.165, 1.54) is 0 Å². The summed E-state index contributed by atoms with van der Waals surface area (Å²) in [6.45, 7) is 0. The molecule has 0 spiro atoms. The van der Waals surface area contributed by atoms with Crippen molar-refractivity contribution >= 4 is 41.1 Å². The minimum atomic E-state index is -5.01. The van der Waals surface area contributed by atoms with Crippen LogP contribution < -0.4 is 0 Å². The quantitative estimate of drug-likeness (QED) is 0.657. The molecular weight excluding hydrogens is 360 g/mol. The topological polar surface area (TPSA) is 163 Å².